The SMILES string of the molecule is CCCCCCCCCCCCCCCCCC(=O)OC(CCCCC)CCCCCCCCCCCC(=O)OCC(CCCCCC)CCCCCCCC. The zero-order chi connectivity index (χ0) is 40.8. The summed E-state index contributed by atoms with van der Waals surface area (Å²) in [6.07, 6.45) is 53.7. The topological polar surface area (TPSA) is 52.6 Å². The van der Waals surface area contributed by atoms with E-state index in [0.717, 1.165) is 32.1 Å². The van der Waals surface area contributed by atoms with Gasteiger partial charge in [-0.2, -0.15) is 0 Å². The van der Waals surface area contributed by atoms with E-state index >= 15 is 0 Å². The van der Waals surface area contributed by atoms with Crippen LogP contribution >= 0.6 is 0 Å². The smallest absolute Gasteiger partial charge is 0.306 e. The molecule has 0 N–H and O–H groups in total. The maximum atomic E-state index is 12.7. The third kappa shape index (κ3) is 42.5. The zero-order valence-electron chi connectivity index (χ0n) is 38.9. The first-order valence-corrected chi connectivity index (χ1v) is 25.9. The molecular formula is C52H102O4. The molecule has 0 aromatic rings. The summed E-state index contributed by atoms with van der Waals surface area (Å²) in [5.41, 5.74) is 0. The molecule has 2 unspecified atom stereocenters. The van der Waals surface area contributed by atoms with E-state index in [2.05, 4.69) is 27.7 Å². The fourth-order valence-electron chi connectivity index (χ4n) is 8.32. The Bertz CT molecular complexity index is 781. The second-order valence-corrected chi connectivity index (χ2v) is 18.0. The number of hydrogen-bond acceptors (Lipinski definition) is 4. The molecule has 0 fully saturated rings. The van der Waals surface area contributed by atoms with E-state index in [1.807, 2.05) is 0 Å². The van der Waals surface area contributed by atoms with Crippen LogP contribution in [0.4, 0.5) is 0 Å². The number of hydrogen-bond donors (Lipinski definition) is 0. The number of ether oxygens (including phenoxy) is 2. The van der Waals surface area contributed by atoms with E-state index in [4.69, 9.17) is 9.47 Å². The lowest BCUT2D eigenvalue weighted by molar-refractivity contribution is -0.150. The quantitative estimate of drug-likeness (QED) is 0.0455. The number of carbonyl (C=O) groups excluding carboxylic acids is 2. The first kappa shape index (κ1) is 54.9. The molecule has 0 aromatic heterocycles. The highest BCUT2D eigenvalue weighted by Crippen LogP contribution is 2.21. The summed E-state index contributed by atoms with van der Waals surface area (Å²) < 4.78 is 11.8. The molecule has 334 valence electrons. The standard InChI is InChI=1S/C52H102O4/c1-5-9-13-16-18-19-20-21-22-23-24-27-31-35-41-47-52(54)56-50(44-36-12-8-4)45-39-33-29-26-25-28-30-34-40-46-51(53)55-48-49(42-37-15-11-7-3)43-38-32-17-14-10-6-2/h49-50H,5-48H2,1-4H3. The zero-order valence-corrected chi connectivity index (χ0v) is 38.9. The molecule has 56 heavy (non-hydrogen) atoms. The van der Waals surface area contributed by atoms with Gasteiger partial charge in [-0.3, -0.25) is 9.59 Å². The molecule has 2 atom stereocenters. The van der Waals surface area contributed by atoms with Crippen LogP contribution in [-0.2, 0) is 19.1 Å². The van der Waals surface area contributed by atoms with E-state index in [9.17, 15) is 9.59 Å². The molecule has 0 saturated carbocycles. The lowest BCUT2D eigenvalue weighted by atomic mass is 9.95. The van der Waals surface area contributed by atoms with Gasteiger partial charge in [0.05, 0.1) is 6.61 Å². The fourth-order valence-corrected chi connectivity index (χ4v) is 8.32. The van der Waals surface area contributed by atoms with Crippen LogP contribution in [0, 0.1) is 5.92 Å². The monoisotopic (exact) mass is 791 g/mol. The van der Waals surface area contributed by atoms with Gasteiger partial charge in [-0.05, 0) is 57.3 Å². The van der Waals surface area contributed by atoms with Crippen LogP contribution < -0.4 is 0 Å². The number of unbranched alkanes of at least 4 members (excludes halogenated alkanes) is 32. The molecule has 0 rings (SSSR count). The summed E-state index contributed by atoms with van der Waals surface area (Å²) in [7, 11) is 0. The highest BCUT2D eigenvalue weighted by Gasteiger charge is 2.15. The third-order valence-corrected chi connectivity index (χ3v) is 12.2. The van der Waals surface area contributed by atoms with Crippen molar-refractivity contribution in [3.63, 3.8) is 0 Å². The van der Waals surface area contributed by atoms with E-state index in [1.165, 1.54) is 231 Å². The molecule has 0 aliphatic rings. The normalized spacial score (nSPS) is 12.6. The molecule has 0 radical (unpaired) electrons. The van der Waals surface area contributed by atoms with Gasteiger partial charge in [0, 0.05) is 12.8 Å². The maximum absolute atomic E-state index is 12.7. The van der Waals surface area contributed by atoms with E-state index < -0.39 is 0 Å². The molecule has 0 amide bonds. The van der Waals surface area contributed by atoms with Crippen molar-refractivity contribution < 1.29 is 19.1 Å². The summed E-state index contributed by atoms with van der Waals surface area (Å²) in [5.74, 6) is 0.618. The summed E-state index contributed by atoms with van der Waals surface area (Å²) in [4.78, 5) is 25.2. The minimum Gasteiger partial charge on any atom is -0.465 e. The molecule has 4 nitrogen and oxygen atoms in total. The minimum absolute atomic E-state index is 0.0233. The largest absolute Gasteiger partial charge is 0.465 e. The van der Waals surface area contributed by atoms with E-state index in [0.29, 0.717) is 25.4 Å². The number of esters is 2. The molecule has 0 bridgehead atoms. The van der Waals surface area contributed by atoms with Gasteiger partial charge < -0.3 is 9.47 Å². The molecule has 0 aliphatic heterocycles. The Kier molecular flexibility index (Phi) is 45.7. The highest BCUT2D eigenvalue weighted by atomic mass is 16.5. The molecule has 4 heteroatoms. The number of rotatable bonds is 47. The molecule has 0 aliphatic carbocycles. The molecule has 0 saturated heterocycles. The Morgan fingerprint density at radius 1 is 0.321 bits per heavy atom. The van der Waals surface area contributed by atoms with Crippen molar-refractivity contribution in [2.45, 2.75) is 310 Å². The Morgan fingerprint density at radius 2 is 0.589 bits per heavy atom. The van der Waals surface area contributed by atoms with Gasteiger partial charge in [0.1, 0.15) is 6.10 Å². The second-order valence-electron chi connectivity index (χ2n) is 18.0. The predicted octanol–water partition coefficient (Wildman–Crippen LogP) is 17.9. The first-order chi connectivity index (χ1) is 27.6. The summed E-state index contributed by atoms with van der Waals surface area (Å²) in [6, 6.07) is 0. The first-order valence-electron chi connectivity index (χ1n) is 25.9. The second kappa shape index (κ2) is 46.6. The predicted molar refractivity (Wildman–Crippen MR) is 246 cm³/mol. The summed E-state index contributed by atoms with van der Waals surface area (Å²) in [5, 5.41) is 0. The lowest BCUT2D eigenvalue weighted by Gasteiger charge is -2.18. The van der Waals surface area contributed by atoms with Crippen molar-refractivity contribution in [2.24, 2.45) is 5.92 Å². The Hall–Kier alpha value is -1.06. The van der Waals surface area contributed by atoms with Gasteiger partial charge >= 0.3 is 11.9 Å². The van der Waals surface area contributed by atoms with Crippen LogP contribution in [0.3, 0.4) is 0 Å². The van der Waals surface area contributed by atoms with Gasteiger partial charge in [-0.25, -0.2) is 0 Å². The van der Waals surface area contributed by atoms with Gasteiger partial charge in [-0.15, -0.1) is 0 Å². The van der Waals surface area contributed by atoms with Crippen LogP contribution in [0.5, 0.6) is 0 Å². The highest BCUT2D eigenvalue weighted by molar-refractivity contribution is 5.69. The van der Waals surface area contributed by atoms with Gasteiger partial charge in [0.2, 0.25) is 0 Å². The van der Waals surface area contributed by atoms with Crippen LogP contribution in [0.1, 0.15) is 304 Å². The van der Waals surface area contributed by atoms with Gasteiger partial charge in [0.25, 0.3) is 0 Å². The fraction of sp³-hybridized carbons (Fsp3) is 0.962. The van der Waals surface area contributed by atoms with E-state index in [-0.39, 0.29) is 18.0 Å². The van der Waals surface area contributed by atoms with Crippen molar-refractivity contribution in [3.8, 4) is 0 Å². The van der Waals surface area contributed by atoms with Crippen molar-refractivity contribution in [3.05, 3.63) is 0 Å². The summed E-state index contributed by atoms with van der Waals surface area (Å²) in [6.45, 7) is 9.72. The Labute approximate surface area is 352 Å². The van der Waals surface area contributed by atoms with Crippen molar-refractivity contribution in [1.82, 2.24) is 0 Å². The Morgan fingerprint density at radius 3 is 0.982 bits per heavy atom. The third-order valence-electron chi connectivity index (χ3n) is 12.2. The van der Waals surface area contributed by atoms with Gasteiger partial charge in [0.15, 0.2) is 0 Å². The lowest BCUT2D eigenvalue weighted by Crippen LogP contribution is -2.18. The minimum atomic E-state index is 0.0233. The number of carbonyl (C=O) groups is 2. The van der Waals surface area contributed by atoms with Crippen molar-refractivity contribution >= 4 is 11.9 Å². The average Bonchev–Trinajstić information content (AvgIpc) is 3.19. The maximum Gasteiger partial charge on any atom is 0.306 e. The average molecular weight is 791 g/mol. The van der Waals surface area contributed by atoms with Crippen LogP contribution in [0.25, 0.3) is 0 Å². The van der Waals surface area contributed by atoms with Crippen molar-refractivity contribution in [1.29, 1.82) is 0 Å². The van der Waals surface area contributed by atoms with Crippen molar-refractivity contribution in [2.75, 3.05) is 6.61 Å². The molecule has 0 heterocycles. The molecule has 0 spiro atoms. The molecule has 0 aromatic carbocycles. The Balaban J connectivity index is 3.91. The van der Waals surface area contributed by atoms with Crippen LogP contribution in [-0.4, -0.2) is 24.6 Å². The van der Waals surface area contributed by atoms with Crippen LogP contribution in [0.2, 0.25) is 0 Å². The van der Waals surface area contributed by atoms with E-state index in [1.54, 1.807) is 0 Å². The summed E-state index contributed by atoms with van der Waals surface area (Å²) >= 11 is 0. The molecular weight excluding hydrogens is 689 g/mol. The van der Waals surface area contributed by atoms with Crippen LogP contribution in [0.15, 0.2) is 0 Å². The van der Waals surface area contributed by atoms with Gasteiger partial charge in [-0.1, -0.05) is 240 Å².